The highest BCUT2D eigenvalue weighted by Gasteiger charge is 2.02. The third kappa shape index (κ3) is 1.50. The van der Waals surface area contributed by atoms with E-state index in [9.17, 15) is 0 Å². The summed E-state index contributed by atoms with van der Waals surface area (Å²) < 4.78 is 0. The minimum atomic E-state index is 1.03. The summed E-state index contributed by atoms with van der Waals surface area (Å²) in [5, 5.41) is 3.20. The summed E-state index contributed by atoms with van der Waals surface area (Å²) in [5.74, 6) is 0. The first-order chi connectivity index (χ1) is 6.42. The molecule has 0 aliphatic heterocycles. The topological polar surface area (TPSA) is 12.0 Å². The average Bonchev–Trinajstić information content (AvgIpc) is 2.41. The maximum atomic E-state index is 3.20. The van der Waals surface area contributed by atoms with Gasteiger partial charge in [0.1, 0.15) is 0 Å². The van der Waals surface area contributed by atoms with Gasteiger partial charge < -0.3 is 5.32 Å². The van der Waals surface area contributed by atoms with Crippen molar-refractivity contribution in [1.29, 1.82) is 0 Å². The molecule has 0 heterocycles. The van der Waals surface area contributed by atoms with E-state index in [1.54, 1.807) is 0 Å². The highest BCUT2D eigenvalue weighted by atomic mass is 14.8. The van der Waals surface area contributed by atoms with E-state index in [1.165, 1.54) is 16.8 Å². The number of hydrogen-bond donors (Lipinski definition) is 1. The van der Waals surface area contributed by atoms with Crippen LogP contribution in [-0.4, -0.2) is 7.05 Å². The summed E-state index contributed by atoms with van der Waals surface area (Å²) >= 11 is 0. The fraction of sp³-hybridized carbons (Fsp3) is 0.167. The van der Waals surface area contributed by atoms with E-state index < -0.39 is 0 Å². The molecular weight excluding hydrogens is 158 g/mol. The minimum Gasteiger partial charge on any atom is -0.388 e. The second kappa shape index (κ2) is 3.48. The maximum Gasteiger partial charge on any atom is 0.0417 e. The van der Waals surface area contributed by atoms with E-state index in [0.717, 1.165) is 6.42 Å². The van der Waals surface area contributed by atoms with E-state index >= 15 is 0 Å². The van der Waals surface area contributed by atoms with E-state index in [0.29, 0.717) is 0 Å². The minimum absolute atomic E-state index is 1.03. The molecular formula is C12H13N. The smallest absolute Gasteiger partial charge is 0.0417 e. The predicted molar refractivity (Wildman–Crippen MR) is 58.7 cm³/mol. The van der Waals surface area contributed by atoms with Crippen molar-refractivity contribution in [2.75, 3.05) is 12.4 Å². The second-order valence-corrected chi connectivity index (χ2v) is 3.10. The summed E-state index contributed by atoms with van der Waals surface area (Å²) in [4.78, 5) is 0. The first-order valence-electron chi connectivity index (χ1n) is 4.55. The van der Waals surface area contributed by atoms with Crippen LogP contribution < -0.4 is 5.32 Å². The number of rotatable bonds is 1. The van der Waals surface area contributed by atoms with Gasteiger partial charge in [-0.1, -0.05) is 36.4 Å². The van der Waals surface area contributed by atoms with Gasteiger partial charge in [0.05, 0.1) is 0 Å². The second-order valence-electron chi connectivity index (χ2n) is 3.10. The zero-order chi connectivity index (χ0) is 9.10. The summed E-state index contributed by atoms with van der Waals surface area (Å²) in [7, 11) is 1.96. The van der Waals surface area contributed by atoms with Gasteiger partial charge in [-0.2, -0.15) is 0 Å². The summed E-state index contributed by atoms with van der Waals surface area (Å²) in [5.41, 5.74) is 3.78. The Morgan fingerprint density at radius 1 is 1.15 bits per heavy atom. The van der Waals surface area contributed by atoms with Gasteiger partial charge in [0.15, 0.2) is 0 Å². The molecule has 0 amide bonds. The van der Waals surface area contributed by atoms with E-state index in [4.69, 9.17) is 0 Å². The molecule has 1 N–H and O–H groups in total. The van der Waals surface area contributed by atoms with Crippen LogP contribution in [0.4, 0.5) is 5.69 Å². The van der Waals surface area contributed by atoms with Crippen molar-refractivity contribution in [1.82, 2.24) is 0 Å². The summed E-state index contributed by atoms with van der Waals surface area (Å²) in [6.07, 6.45) is 9.75. The molecule has 13 heavy (non-hydrogen) atoms. The molecule has 1 heteroatoms. The molecule has 0 aromatic heterocycles. The maximum absolute atomic E-state index is 3.20. The molecule has 0 atom stereocenters. The lowest BCUT2D eigenvalue weighted by atomic mass is 10.1. The van der Waals surface area contributed by atoms with Crippen molar-refractivity contribution in [2.45, 2.75) is 6.42 Å². The van der Waals surface area contributed by atoms with Crippen LogP contribution in [-0.2, 0) is 0 Å². The molecule has 0 saturated heterocycles. The Kier molecular flexibility index (Phi) is 2.17. The Bertz CT molecular complexity index is 361. The fourth-order valence-corrected chi connectivity index (χ4v) is 1.59. The third-order valence-corrected chi connectivity index (χ3v) is 2.26. The standard InChI is InChI=1S/C12H13N/c1-13-12-9-5-7-10-6-3-2-4-8-11(10)12/h3-9,13H,2H2,1H3. The van der Waals surface area contributed by atoms with Gasteiger partial charge in [-0.05, 0) is 18.1 Å². The molecule has 0 saturated carbocycles. The molecule has 66 valence electrons. The molecule has 1 aromatic rings. The zero-order valence-electron chi connectivity index (χ0n) is 7.75. The largest absolute Gasteiger partial charge is 0.388 e. The normalized spacial score (nSPS) is 13.6. The van der Waals surface area contributed by atoms with Crippen LogP contribution in [0.3, 0.4) is 0 Å². The Hall–Kier alpha value is -1.50. The van der Waals surface area contributed by atoms with Crippen LogP contribution in [0.5, 0.6) is 0 Å². The van der Waals surface area contributed by atoms with Gasteiger partial charge in [0.25, 0.3) is 0 Å². The molecule has 1 aromatic carbocycles. The van der Waals surface area contributed by atoms with E-state index in [2.05, 4.69) is 47.8 Å². The number of anilines is 1. The molecule has 0 fully saturated rings. The number of benzene rings is 1. The highest BCUT2D eigenvalue weighted by molar-refractivity contribution is 5.77. The van der Waals surface area contributed by atoms with Gasteiger partial charge in [-0.3, -0.25) is 0 Å². The Morgan fingerprint density at radius 2 is 2.00 bits per heavy atom. The van der Waals surface area contributed by atoms with Crippen LogP contribution in [0.25, 0.3) is 12.2 Å². The van der Waals surface area contributed by atoms with Crippen LogP contribution in [0.15, 0.2) is 30.4 Å². The number of nitrogens with one attached hydrogen (secondary N) is 1. The molecule has 2 rings (SSSR count). The van der Waals surface area contributed by atoms with Gasteiger partial charge in [-0.15, -0.1) is 0 Å². The molecule has 1 aliphatic carbocycles. The molecule has 0 spiro atoms. The molecule has 0 bridgehead atoms. The van der Waals surface area contributed by atoms with Crippen molar-refractivity contribution < 1.29 is 0 Å². The van der Waals surface area contributed by atoms with Crippen molar-refractivity contribution in [3.05, 3.63) is 41.5 Å². The van der Waals surface area contributed by atoms with Crippen molar-refractivity contribution >= 4 is 17.8 Å². The van der Waals surface area contributed by atoms with Crippen LogP contribution in [0.2, 0.25) is 0 Å². The molecule has 1 nitrogen and oxygen atoms in total. The van der Waals surface area contributed by atoms with Gasteiger partial charge in [0.2, 0.25) is 0 Å². The highest BCUT2D eigenvalue weighted by Crippen LogP contribution is 2.24. The van der Waals surface area contributed by atoms with Crippen LogP contribution in [0.1, 0.15) is 17.5 Å². The van der Waals surface area contributed by atoms with Crippen molar-refractivity contribution in [2.24, 2.45) is 0 Å². The molecule has 0 radical (unpaired) electrons. The van der Waals surface area contributed by atoms with Gasteiger partial charge >= 0.3 is 0 Å². The third-order valence-electron chi connectivity index (χ3n) is 2.26. The Morgan fingerprint density at radius 3 is 2.85 bits per heavy atom. The number of fused-ring (bicyclic) bond motifs is 1. The molecule has 1 aliphatic rings. The van der Waals surface area contributed by atoms with Crippen LogP contribution >= 0.6 is 0 Å². The lowest BCUT2D eigenvalue weighted by Crippen LogP contribution is -1.92. The number of allylic oxidation sites excluding steroid dienone is 2. The Balaban J connectivity index is 2.59. The van der Waals surface area contributed by atoms with Crippen molar-refractivity contribution in [3.8, 4) is 0 Å². The predicted octanol–water partition coefficient (Wildman–Crippen LogP) is 3.16. The SMILES string of the molecule is CNc1cccc2c1C=CCC=C2. The quantitative estimate of drug-likeness (QED) is 0.684. The fourth-order valence-electron chi connectivity index (χ4n) is 1.59. The average molecular weight is 171 g/mol. The lowest BCUT2D eigenvalue weighted by Gasteiger charge is -2.07. The monoisotopic (exact) mass is 171 g/mol. The van der Waals surface area contributed by atoms with E-state index in [1.807, 2.05) is 7.05 Å². The van der Waals surface area contributed by atoms with E-state index in [-0.39, 0.29) is 0 Å². The Labute approximate surface area is 78.8 Å². The zero-order valence-corrected chi connectivity index (χ0v) is 7.75. The van der Waals surface area contributed by atoms with Crippen molar-refractivity contribution in [3.63, 3.8) is 0 Å². The number of hydrogen-bond acceptors (Lipinski definition) is 1. The van der Waals surface area contributed by atoms with Gasteiger partial charge in [-0.25, -0.2) is 0 Å². The molecule has 0 unspecified atom stereocenters. The van der Waals surface area contributed by atoms with Crippen LogP contribution in [0, 0.1) is 0 Å². The summed E-state index contributed by atoms with van der Waals surface area (Å²) in [6.45, 7) is 0. The summed E-state index contributed by atoms with van der Waals surface area (Å²) in [6, 6.07) is 6.32. The van der Waals surface area contributed by atoms with Gasteiger partial charge in [0, 0.05) is 18.3 Å². The first-order valence-corrected chi connectivity index (χ1v) is 4.55. The lowest BCUT2D eigenvalue weighted by molar-refractivity contribution is 1.44. The first kappa shape index (κ1) is 8.11.